The molecule has 0 unspecified atom stereocenters. The number of aryl methyl sites for hydroxylation is 1. The van der Waals surface area contributed by atoms with Gasteiger partial charge in [0.2, 0.25) is 0 Å². The number of hydrogen-bond acceptors (Lipinski definition) is 3. The van der Waals surface area contributed by atoms with Crippen molar-refractivity contribution < 1.29 is 0 Å². The number of hydrogen-bond donors (Lipinski definition) is 1. The average molecular weight is 259 g/mol. The number of thiophene rings is 1. The lowest BCUT2D eigenvalue weighted by atomic mass is 10.2. The van der Waals surface area contributed by atoms with Gasteiger partial charge in [-0.15, -0.1) is 11.3 Å². The number of nitrogens with zero attached hydrogens (tertiary/aromatic N) is 1. The van der Waals surface area contributed by atoms with Crippen molar-refractivity contribution in [3.8, 4) is 0 Å². The van der Waals surface area contributed by atoms with Crippen LogP contribution in [0.5, 0.6) is 0 Å². The Morgan fingerprint density at radius 1 is 1.25 bits per heavy atom. The fraction of sp³-hybridized carbons (Fsp3) is 0.667. The van der Waals surface area contributed by atoms with Gasteiger partial charge in [0.15, 0.2) is 0 Å². The van der Waals surface area contributed by atoms with Gasteiger partial charge in [0.05, 0.1) is 4.34 Å². The van der Waals surface area contributed by atoms with E-state index in [4.69, 9.17) is 11.6 Å². The van der Waals surface area contributed by atoms with Crippen LogP contribution in [-0.2, 0) is 6.42 Å². The maximum atomic E-state index is 5.90. The highest BCUT2D eigenvalue weighted by Gasteiger charge is 2.08. The van der Waals surface area contributed by atoms with Gasteiger partial charge in [-0.1, -0.05) is 11.6 Å². The molecule has 4 heteroatoms. The summed E-state index contributed by atoms with van der Waals surface area (Å²) in [5.74, 6) is 0. The molecule has 2 rings (SSSR count). The van der Waals surface area contributed by atoms with Crippen molar-refractivity contribution in [3.63, 3.8) is 0 Å². The zero-order valence-electron chi connectivity index (χ0n) is 9.54. The molecule has 0 atom stereocenters. The van der Waals surface area contributed by atoms with Gasteiger partial charge in [0.1, 0.15) is 0 Å². The maximum absolute atomic E-state index is 5.90. The summed E-state index contributed by atoms with van der Waals surface area (Å²) in [7, 11) is 0. The second-order valence-electron chi connectivity index (χ2n) is 4.25. The molecule has 0 saturated carbocycles. The molecule has 0 amide bonds. The molecule has 1 aromatic heterocycles. The van der Waals surface area contributed by atoms with Crippen molar-refractivity contribution in [3.05, 3.63) is 21.3 Å². The minimum Gasteiger partial charge on any atom is -0.314 e. The highest BCUT2D eigenvalue weighted by molar-refractivity contribution is 7.16. The second-order valence-corrected chi connectivity index (χ2v) is 6.05. The fourth-order valence-corrected chi connectivity index (χ4v) is 3.18. The third-order valence-electron chi connectivity index (χ3n) is 2.99. The zero-order valence-corrected chi connectivity index (χ0v) is 11.1. The second kappa shape index (κ2) is 6.60. The van der Waals surface area contributed by atoms with Gasteiger partial charge in [-0.25, -0.2) is 0 Å². The number of nitrogens with one attached hydrogen (secondary N) is 1. The van der Waals surface area contributed by atoms with E-state index in [1.807, 2.05) is 6.07 Å². The van der Waals surface area contributed by atoms with Gasteiger partial charge >= 0.3 is 0 Å². The van der Waals surface area contributed by atoms with E-state index in [9.17, 15) is 0 Å². The van der Waals surface area contributed by atoms with E-state index in [0.29, 0.717) is 0 Å². The van der Waals surface area contributed by atoms with E-state index in [0.717, 1.165) is 17.4 Å². The van der Waals surface area contributed by atoms with Gasteiger partial charge in [0.25, 0.3) is 0 Å². The standard InChI is InChI=1S/C12H19ClN2S/c13-12-5-4-11(16-12)3-1-2-8-15-9-6-14-7-10-15/h4-5,14H,1-3,6-10H2. The monoisotopic (exact) mass is 258 g/mol. The van der Waals surface area contributed by atoms with E-state index in [1.165, 1.54) is 43.8 Å². The predicted molar refractivity (Wildman–Crippen MR) is 71.6 cm³/mol. The largest absolute Gasteiger partial charge is 0.314 e. The molecule has 0 radical (unpaired) electrons. The molecular formula is C12H19ClN2S. The van der Waals surface area contributed by atoms with Crippen LogP contribution >= 0.6 is 22.9 Å². The summed E-state index contributed by atoms with van der Waals surface area (Å²) in [4.78, 5) is 3.98. The number of piperazine rings is 1. The molecule has 1 fully saturated rings. The van der Waals surface area contributed by atoms with Gasteiger partial charge < -0.3 is 10.2 Å². The normalized spacial score (nSPS) is 17.8. The lowest BCUT2D eigenvalue weighted by molar-refractivity contribution is 0.237. The Bertz CT molecular complexity index is 308. The van der Waals surface area contributed by atoms with Gasteiger partial charge in [-0.3, -0.25) is 0 Å². The van der Waals surface area contributed by atoms with Crippen LogP contribution in [0.25, 0.3) is 0 Å². The van der Waals surface area contributed by atoms with E-state index in [2.05, 4.69) is 16.3 Å². The molecule has 1 N–H and O–H groups in total. The Morgan fingerprint density at radius 3 is 2.75 bits per heavy atom. The van der Waals surface area contributed by atoms with Crippen molar-refractivity contribution in [2.75, 3.05) is 32.7 Å². The molecule has 2 heterocycles. The molecule has 2 nitrogen and oxygen atoms in total. The molecule has 1 aliphatic heterocycles. The van der Waals surface area contributed by atoms with Crippen LogP contribution in [0.15, 0.2) is 12.1 Å². The Hall–Kier alpha value is -0.0900. The van der Waals surface area contributed by atoms with E-state index < -0.39 is 0 Å². The smallest absolute Gasteiger partial charge is 0.0931 e. The summed E-state index contributed by atoms with van der Waals surface area (Å²) in [6.07, 6.45) is 3.76. The van der Waals surface area contributed by atoms with Crippen LogP contribution in [0.2, 0.25) is 4.34 Å². The summed E-state index contributed by atoms with van der Waals surface area (Å²) in [5, 5.41) is 3.38. The Morgan fingerprint density at radius 2 is 2.06 bits per heavy atom. The molecule has 0 aromatic carbocycles. The average Bonchev–Trinajstić information content (AvgIpc) is 2.72. The van der Waals surface area contributed by atoms with E-state index in [1.54, 1.807) is 11.3 Å². The first-order valence-electron chi connectivity index (χ1n) is 6.02. The highest BCUT2D eigenvalue weighted by atomic mass is 35.5. The third-order valence-corrected chi connectivity index (χ3v) is 4.28. The lowest BCUT2D eigenvalue weighted by Gasteiger charge is -2.26. The predicted octanol–water partition coefficient (Wildman–Crippen LogP) is 2.63. The highest BCUT2D eigenvalue weighted by Crippen LogP contribution is 2.22. The topological polar surface area (TPSA) is 15.3 Å². The third kappa shape index (κ3) is 4.06. The van der Waals surface area contributed by atoms with E-state index >= 15 is 0 Å². The first-order valence-corrected chi connectivity index (χ1v) is 7.21. The van der Waals surface area contributed by atoms with Crippen molar-refractivity contribution in [2.24, 2.45) is 0 Å². The van der Waals surface area contributed by atoms with Crippen LogP contribution in [-0.4, -0.2) is 37.6 Å². The summed E-state index contributed by atoms with van der Waals surface area (Å²) in [6, 6.07) is 4.15. The minimum atomic E-state index is 0.914. The first-order chi connectivity index (χ1) is 7.84. The fourth-order valence-electron chi connectivity index (χ4n) is 2.06. The number of rotatable bonds is 5. The molecule has 16 heavy (non-hydrogen) atoms. The summed E-state index contributed by atoms with van der Waals surface area (Å²) in [5.41, 5.74) is 0. The lowest BCUT2D eigenvalue weighted by Crippen LogP contribution is -2.43. The molecule has 0 bridgehead atoms. The maximum Gasteiger partial charge on any atom is 0.0931 e. The first kappa shape index (κ1) is 12.4. The molecule has 0 spiro atoms. The minimum absolute atomic E-state index is 0.914. The van der Waals surface area contributed by atoms with Crippen LogP contribution < -0.4 is 5.32 Å². The van der Waals surface area contributed by atoms with Crippen molar-refractivity contribution >= 4 is 22.9 Å². The Balaban J connectivity index is 1.57. The van der Waals surface area contributed by atoms with Crippen molar-refractivity contribution in [2.45, 2.75) is 19.3 Å². The SMILES string of the molecule is Clc1ccc(CCCCN2CCNCC2)s1. The Kier molecular flexibility index (Phi) is 5.10. The van der Waals surface area contributed by atoms with Crippen LogP contribution in [0.3, 0.4) is 0 Å². The molecule has 1 aromatic rings. The zero-order chi connectivity index (χ0) is 11.2. The molecule has 1 aliphatic rings. The molecule has 1 saturated heterocycles. The van der Waals surface area contributed by atoms with Gasteiger partial charge in [0, 0.05) is 31.1 Å². The number of unbranched alkanes of at least 4 members (excludes halogenated alkanes) is 1. The summed E-state index contributed by atoms with van der Waals surface area (Å²) >= 11 is 7.61. The number of halogens is 1. The van der Waals surface area contributed by atoms with Gasteiger partial charge in [-0.2, -0.15) is 0 Å². The summed E-state index contributed by atoms with van der Waals surface area (Å²) < 4.78 is 0.914. The van der Waals surface area contributed by atoms with Crippen LogP contribution in [0.4, 0.5) is 0 Å². The quantitative estimate of drug-likeness (QED) is 0.817. The van der Waals surface area contributed by atoms with Crippen molar-refractivity contribution in [1.82, 2.24) is 10.2 Å². The van der Waals surface area contributed by atoms with Crippen LogP contribution in [0, 0.1) is 0 Å². The summed E-state index contributed by atoms with van der Waals surface area (Å²) in [6.45, 7) is 5.98. The van der Waals surface area contributed by atoms with Gasteiger partial charge in [-0.05, 0) is 37.9 Å². The van der Waals surface area contributed by atoms with Crippen LogP contribution in [0.1, 0.15) is 17.7 Å². The molecule has 0 aliphatic carbocycles. The molecular weight excluding hydrogens is 240 g/mol. The van der Waals surface area contributed by atoms with E-state index in [-0.39, 0.29) is 0 Å². The van der Waals surface area contributed by atoms with Crippen molar-refractivity contribution in [1.29, 1.82) is 0 Å². The molecule has 90 valence electrons. The Labute approximate surface area is 107 Å².